The fourth-order valence-electron chi connectivity index (χ4n) is 4.61. The summed E-state index contributed by atoms with van der Waals surface area (Å²) in [5.41, 5.74) is 0. The Labute approximate surface area is 165 Å². The van der Waals surface area contributed by atoms with Crippen molar-refractivity contribution in [3.05, 3.63) is 0 Å². The number of hydrogen-bond donors (Lipinski definition) is 2. The number of ether oxygens (including phenoxy) is 2. The van der Waals surface area contributed by atoms with Crippen molar-refractivity contribution in [3.63, 3.8) is 0 Å². The topological polar surface area (TPSA) is 58.1 Å². The van der Waals surface area contributed by atoms with Crippen molar-refractivity contribution < 1.29 is 9.47 Å². The van der Waals surface area contributed by atoms with Gasteiger partial charge in [0, 0.05) is 58.6 Å². The van der Waals surface area contributed by atoms with Gasteiger partial charge in [-0.15, -0.1) is 0 Å². The first-order chi connectivity index (χ1) is 13.3. The summed E-state index contributed by atoms with van der Waals surface area (Å²) in [6.45, 7) is 5.88. The van der Waals surface area contributed by atoms with E-state index >= 15 is 0 Å². The first-order valence-corrected chi connectivity index (χ1v) is 11.3. The van der Waals surface area contributed by atoms with Crippen LogP contribution < -0.4 is 10.6 Å². The minimum atomic E-state index is 0.394. The van der Waals surface area contributed by atoms with E-state index in [2.05, 4.69) is 20.5 Å². The molecule has 2 heterocycles. The third kappa shape index (κ3) is 7.24. The molecule has 1 saturated carbocycles. The first kappa shape index (κ1) is 20.9. The quantitative estimate of drug-likeness (QED) is 0.404. The Morgan fingerprint density at radius 2 is 1.78 bits per heavy atom. The maximum absolute atomic E-state index is 5.93. The first-order valence-electron chi connectivity index (χ1n) is 11.3. The van der Waals surface area contributed by atoms with E-state index < -0.39 is 0 Å². The van der Waals surface area contributed by atoms with Gasteiger partial charge in [0.15, 0.2) is 5.96 Å². The number of guanidine groups is 1. The van der Waals surface area contributed by atoms with Gasteiger partial charge >= 0.3 is 0 Å². The summed E-state index contributed by atoms with van der Waals surface area (Å²) in [6.07, 6.45) is 13.1. The van der Waals surface area contributed by atoms with Crippen LogP contribution in [-0.4, -0.2) is 75.5 Å². The van der Waals surface area contributed by atoms with Gasteiger partial charge in [-0.05, 0) is 44.9 Å². The average molecular weight is 381 g/mol. The maximum atomic E-state index is 5.93. The molecule has 0 aromatic carbocycles. The predicted octanol–water partition coefficient (Wildman–Crippen LogP) is 2.53. The molecule has 0 unspecified atom stereocenters. The van der Waals surface area contributed by atoms with Gasteiger partial charge in [0.1, 0.15) is 0 Å². The van der Waals surface area contributed by atoms with Crippen molar-refractivity contribution in [3.8, 4) is 0 Å². The molecule has 0 spiro atoms. The molecular weight excluding hydrogens is 340 g/mol. The summed E-state index contributed by atoms with van der Waals surface area (Å²) in [6, 6.07) is 1.40. The number of nitrogens with zero attached hydrogens (tertiary/aromatic N) is 2. The molecule has 1 aliphatic carbocycles. The Morgan fingerprint density at radius 1 is 1.04 bits per heavy atom. The minimum absolute atomic E-state index is 0.394. The van der Waals surface area contributed by atoms with E-state index in [1.54, 1.807) is 0 Å². The Balaban J connectivity index is 1.25. The van der Waals surface area contributed by atoms with Crippen molar-refractivity contribution >= 4 is 5.96 Å². The van der Waals surface area contributed by atoms with Gasteiger partial charge < -0.3 is 25.0 Å². The highest BCUT2D eigenvalue weighted by atomic mass is 16.5. The summed E-state index contributed by atoms with van der Waals surface area (Å²) in [5, 5.41) is 7.07. The molecule has 3 rings (SSSR count). The zero-order valence-electron chi connectivity index (χ0n) is 17.3. The number of likely N-dealkylation sites (tertiary alicyclic amines) is 1. The molecule has 0 radical (unpaired) electrons. The van der Waals surface area contributed by atoms with Gasteiger partial charge in [0.2, 0.25) is 0 Å². The molecule has 3 aliphatic rings. The number of piperidine rings is 1. The van der Waals surface area contributed by atoms with Crippen molar-refractivity contribution in [1.82, 2.24) is 15.5 Å². The molecule has 156 valence electrons. The van der Waals surface area contributed by atoms with E-state index in [0.717, 1.165) is 57.6 Å². The van der Waals surface area contributed by atoms with E-state index in [0.29, 0.717) is 12.1 Å². The molecule has 6 heteroatoms. The Morgan fingerprint density at radius 3 is 2.48 bits per heavy atom. The lowest BCUT2D eigenvalue weighted by Gasteiger charge is -2.39. The van der Waals surface area contributed by atoms with E-state index in [1.807, 2.05) is 7.05 Å². The van der Waals surface area contributed by atoms with Crippen LogP contribution in [0.3, 0.4) is 0 Å². The highest BCUT2D eigenvalue weighted by Gasteiger charge is 2.26. The van der Waals surface area contributed by atoms with Crippen LogP contribution in [0.15, 0.2) is 4.99 Å². The summed E-state index contributed by atoms with van der Waals surface area (Å²) >= 11 is 0. The summed E-state index contributed by atoms with van der Waals surface area (Å²) in [5.74, 6) is 0.942. The third-order valence-corrected chi connectivity index (χ3v) is 6.32. The minimum Gasteiger partial charge on any atom is -0.381 e. The zero-order chi connectivity index (χ0) is 18.7. The predicted molar refractivity (Wildman–Crippen MR) is 110 cm³/mol. The van der Waals surface area contributed by atoms with Crippen LogP contribution in [0, 0.1) is 0 Å². The normalized spacial score (nSPS) is 24.9. The molecule has 0 atom stereocenters. The molecular formula is C21H40N4O2. The SMILES string of the molecule is CN=C(NCCCOC1CCOCC1)NC1CCN(C2CCCCC2)CC1. The lowest BCUT2D eigenvalue weighted by atomic mass is 9.92. The van der Waals surface area contributed by atoms with Crippen LogP contribution in [-0.2, 0) is 9.47 Å². The highest BCUT2D eigenvalue weighted by Crippen LogP contribution is 2.25. The lowest BCUT2D eigenvalue weighted by molar-refractivity contribution is -0.0320. The Kier molecular flexibility index (Phi) is 9.18. The molecule has 6 nitrogen and oxygen atoms in total. The van der Waals surface area contributed by atoms with Gasteiger partial charge in [-0.2, -0.15) is 0 Å². The van der Waals surface area contributed by atoms with Gasteiger partial charge in [-0.25, -0.2) is 0 Å². The second-order valence-electron chi connectivity index (χ2n) is 8.28. The lowest BCUT2D eigenvalue weighted by Crippen LogP contribution is -2.51. The van der Waals surface area contributed by atoms with Crippen LogP contribution >= 0.6 is 0 Å². The second kappa shape index (κ2) is 11.9. The molecule has 27 heavy (non-hydrogen) atoms. The molecule has 2 N–H and O–H groups in total. The van der Waals surface area contributed by atoms with Crippen molar-refractivity contribution in [1.29, 1.82) is 0 Å². The third-order valence-electron chi connectivity index (χ3n) is 6.32. The van der Waals surface area contributed by atoms with Crippen LogP contribution in [0.4, 0.5) is 0 Å². The van der Waals surface area contributed by atoms with Gasteiger partial charge in [-0.3, -0.25) is 4.99 Å². The molecule has 3 fully saturated rings. The van der Waals surface area contributed by atoms with Crippen molar-refractivity contribution in [2.45, 2.75) is 82.4 Å². The number of nitrogens with one attached hydrogen (secondary N) is 2. The molecule has 2 aliphatic heterocycles. The van der Waals surface area contributed by atoms with E-state index in [9.17, 15) is 0 Å². The van der Waals surface area contributed by atoms with Crippen LogP contribution in [0.2, 0.25) is 0 Å². The molecule has 0 aromatic heterocycles. The van der Waals surface area contributed by atoms with Gasteiger partial charge in [0.05, 0.1) is 6.10 Å². The van der Waals surface area contributed by atoms with Gasteiger partial charge in [0.25, 0.3) is 0 Å². The van der Waals surface area contributed by atoms with Crippen LogP contribution in [0.5, 0.6) is 0 Å². The zero-order valence-corrected chi connectivity index (χ0v) is 17.3. The monoisotopic (exact) mass is 380 g/mol. The molecule has 0 bridgehead atoms. The van der Waals surface area contributed by atoms with Crippen molar-refractivity contribution in [2.75, 3.05) is 46.5 Å². The highest BCUT2D eigenvalue weighted by molar-refractivity contribution is 5.79. The maximum Gasteiger partial charge on any atom is 0.191 e. The largest absolute Gasteiger partial charge is 0.381 e. The standard InChI is InChI=1S/C21H40N4O2/c1-22-21(23-12-5-15-27-20-10-16-26-17-11-20)24-18-8-13-25(14-9-18)19-6-3-2-4-7-19/h18-20H,2-17H2,1H3,(H2,22,23,24). The molecule has 0 aromatic rings. The number of hydrogen-bond acceptors (Lipinski definition) is 4. The smallest absolute Gasteiger partial charge is 0.191 e. The van der Waals surface area contributed by atoms with Crippen LogP contribution in [0.1, 0.15) is 64.2 Å². The van der Waals surface area contributed by atoms with E-state index in [-0.39, 0.29) is 0 Å². The fraction of sp³-hybridized carbons (Fsp3) is 0.952. The van der Waals surface area contributed by atoms with E-state index in [1.165, 1.54) is 58.0 Å². The second-order valence-corrected chi connectivity index (χ2v) is 8.28. The summed E-state index contributed by atoms with van der Waals surface area (Å²) in [7, 11) is 1.87. The Bertz CT molecular complexity index is 426. The Hall–Kier alpha value is -0.850. The molecule has 2 saturated heterocycles. The summed E-state index contributed by atoms with van der Waals surface area (Å²) in [4.78, 5) is 7.14. The fourth-order valence-corrected chi connectivity index (χ4v) is 4.61. The number of rotatable bonds is 7. The van der Waals surface area contributed by atoms with Crippen molar-refractivity contribution in [2.24, 2.45) is 4.99 Å². The number of aliphatic imine (C=N–C) groups is 1. The average Bonchev–Trinajstić information content (AvgIpc) is 2.74. The summed E-state index contributed by atoms with van der Waals surface area (Å²) < 4.78 is 11.3. The van der Waals surface area contributed by atoms with E-state index in [4.69, 9.17) is 9.47 Å². The van der Waals surface area contributed by atoms with Crippen LogP contribution in [0.25, 0.3) is 0 Å². The van der Waals surface area contributed by atoms with Gasteiger partial charge in [-0.1, -0.05) is 19.3 Å². The molecule has 0 amide bonds.